The summed E-state index contributed by atoms with van der Waals surface area (Å²) in [6, 6.07) is 21.2. The molecule has 0 radical (unpaired) electrons. The van der Waals surface area contributed by atoms with Crippen LogP contribution in [0.5, 0.6) is 5.75 Å². The number of carboxylic acids is 1. The summed E-state index contributed by atoms with van der Waals surface area (Å²) in [6.07, 6.45) is 0. The van der Waals surface area contributed by atoms with Gasteiger partial charge in [-0.15, -0.1) is 0 Å². The van der Waals surface area contributed by atoms with Gasteiger partial charge in [0.15, 0.2) is 0 Å². The second-order valence-electron chi connectivity index (χ2n) is 8.06. The molecule has 13 heteroatoms. The van der Waals surface area contributed by atoms with Crippen molar-refractivity contribution in [2.24, 2.45) is 30.7 Å². The molecule has 0 aliphatic rings. The van der Waals surface area contributed by atoms with Crippen molar-refractivity contribution in [1.29, 1.82) is 0 Å². The highest BCUT2D eigenvalue weighted by molar-refractivity contribution is 7.85. The van der Waals surface area contributed by atoms with E-state index in [1.165, 1.54) is 42.5 Å². The van der Waals surface area contributed by atoms with Gasteiger partial charge in [-0.25, -0.2) is 4.79 Å². The molecule has 4 aromatic rings. The first-order valence-corrected chi connectivity index (χ1v) is 12.6. The van der Waals surface area contributed by atoms with E-state index in [1.54, 1.807) is 42.5 Å². The van der Waals surface area contributed by atoms with Gasteiger partial charge in [-0.3, -0.25) is 4.55 Å². The topological polar surface area (TPSA) is 186 Å². The van der Waals surface area contributed by atoms with E-state index in [0.29, 0.717) is 28.4 Å². The number of benzene rings is 4. The lowest BCUT2D eigenvalue weighted by molar-refractivity contribution is 0.0693. The Kier molecular flexibility index (Phi) is 7.93. The Bertz CT molecular complexity index is 1720. The molecule has 0 aliphatic heterocycles. The summed E-state index contributed by atoms with van der Waals surface area (Å²) < 4.78 is 31.2. The summed E-state index contributed by atoms with van der Waals surface area (Å²) >= 11 is 0. The SMILES string of the molecule is Cc1cc(N=Nc2ccc(O)c(C(=O)O)c2)ccc1N=Nc1ccc(N=Nc2ccc(S(=O)(=O)O)cc2)cc1. The molecule has 39 heavy (non-hydrogen) atoms. The molecule has 0 atom stereocenters. The van der Waals surface area contributed by atoms with Crippen LogP contribution in [-0.2, 0) is 10.1 Å². The molecular weight excluding hydrogens is 524 g/mol. The van der Waals surface area contributed by atoms with Gasteiger partial charge >= 0.3 is 5.97 Å². The monoisotopic (exact) mass is 544 g/mol. The van der Waals surface area contributed by atoms with Gasteiger partial charge in [-0.05, 0) is 97.4 Å². The molecular formula is C26H20N6O6S. The Hall–Kier alpha value is -5.14. The zero-order chi connectivity index (χ0) is 28.0. The van der Waals surface area contributed by atoms with Gasteiger partial charge in [0.25, 0.3) is 10.1 Å². The van der Waals surface area contributed by atoms with Gasteiger partial charge in [0.2, 0.25) is 0 Å². The van der Waals surface area contributed by atoms with Crippen LogP contribution in [0, 0.1) is 6.92 Å². The van der Waals surface area contributed by atoms with Crippen molar-refractivity contribution in [1.82, 2.24) is 0 Å². The molecule has 0 amide bonds. The number of rotatable bonds is 8. The molecule has 3 N–H and O–H groups in total. The third-order valence-electron chi connectivity index (χ3n) is 5.21. The van der Waals surface area contributed by atoms with Crippen molar-refractivity contribution in [3.63, 3.8) is 0 Å². The number of phenols is 1. The largest absolute Gasteiger partial charge is 0.507 e. The molecule has 4 rings (SSSR count). The highest BCUT2D eigenvalue weighted by atomic mass is 32.2. The standard InChI is InChI=1S/C26H20N6O6S/c1-16-14-20(30-31-21-9-13-25(33)23(15-21)26(34)35)8-12-24(16)32-29-18-4-2-17(3-5-18)27-28-19-6-10-22(11-7-19)39(36,37)38/h2-15,33H,1H3,(H,34,35)(H,36,37,38). The lowest BCUT2D eigenvalue weighted by Gasteiger charge is -2.02. The van der Waals surface area contributed by atoms with Gasteiger partial charge in [0.05, 0.1) is 39.0 Å². The van der Waals surface area contributed by atoms with Gasteiger partial charge < -0.3 is 10.2 Å². The molecule has 0 fully saturated rings. The average Bonchev–Trinajstić information content (AvgIpc) is 2.91. The van der Waals surface area contributed by atoms with Crippen LogP contribution in [0.2, 0.25) is 0 Å². The van der Waals surface area contributed by atoms with Crippen LogP contribution < -0.4 is 0 Å². The molecule has 4 aromatic carbocycles. The average molecular weight is 545 g/mol. The Morgan fingerprint density at radius 1 is 0.641 bits per heavy atom. The molecule has 0 spiro atoms. The Balaban J connectivity index is 1.40. The summed E-state index contributed by atoms with van der Waals surface area (Å²) in [5.41, 5.74) is 3.49. The number of hydrogen-bond acceptors (Lipinski definition) is 10. The number of nitrogens with zero attached hydrogens (tertiary/aromatic N) is 6. The minimum atomic E-state index is -4.26. The highest BCUT2D eigenvalue weighted by Gasteiger charge is 2.10. The zero-order valence-corrected chi connectivity index (χ0v) is 21.1. The fourth-order valence-corrected chi connectivity index (χ4v) is 3.66. The maximum Gasteiger partial charge on any atom is 0.339 e. The van der Waals surface area contributed by atoms with Crippen molar-refractivity contribution in [2.45, 2.75) is 11.8 Å². The quantitative estimate of drug-likeness (QED) is 0.149. The van der Waals surface area contributed by atoms with E-state index >= 15 is 0 Å². The zero-order valence-electron chi connectivity index (χ0n) is 20.2. The molecule has 0 saturated heterocycles. The van der Waals surface area contributed by atoms with Gasteiger partial charge in [-0.1, -0.05) is 0 Å². The van der Waals surface area contributed by atoms with E-state index in [2.05, 4.69) is 30.7 Å². The highest BCUT2D eigenvalue weighted by Crippen LogP contribution is 2.29. The molecule has 0 heterocycles. The fraction of sp³-hybridized carbons (Fsp3) is 0.0385. The van der Waals surface area contributed by atoms with Gasteiger partial charge in [0.1, 0.15) is 11.3 Å². The molecule has 196 valence electrons. The van der Waals surface area contributed by atoms with Crippen LogP contribution in [0.4, 0.5) is 34.1 Å². The maximum absolute atomic E-state index is 11.1. The van der Waals surface area contributed by atoms with Crippen molar-refractivity contribution < 1.29 is 28.0 Å². The molecule has 0 aromatic heterocycles. The second-order valence-corrected chi connectivity index (χ2v) is 9.48. The lowest BCUT2D eigenvalue weighted by atomic mass is 10.2. The number of hydrogen-bond donors (Lipinski definition) is 3. The van der Waals surface area contributed by atoms with E-state index in [9.17, 15) is 18.3 Å². The summed E-state index contributed by atoms with van der Waals surface area (Å²) in [5, 5.41) is 43.4. The van der Waals surface area contributed by atoms with E-state index in [1.807, 2.05) is 6.92 Å². The fourth-order valence-electron chi connectivity index (χ4n) is 3.18. The van der Waals surface area contributed by atoms with Crippen LogP contribution in [-0.4, -0.2) is 29.2 Å². The summed E-state index contributed by atoms with van der Waals surface area (Å²) in [6.45, 7) is 1.84. The lowest BCUT2D eigenvalue weighted by Crippen LogP contribution is -1.96. The Morgan fingerprint density at radius 2 is 1.08 bits per heavy atom. The predicted molar refractivity (Wildman–Crippen MR) is 141 cm³/mol. The maximum atomic E-state index is 11.1. The number of aromatic carboxylic acids is 1. The summed E-state index contributed by atoms with van der Waals surface area (Å²) in [4.78, 5) is 10.9. The Morgan fingerprint density at radius 3 is 1.59 bits per heavy atom. The molecule has 12 nitrogen and oxygen atoms in total. The van der Waals surface area contributed by atoms with E-state index < -0.39 is 16.1 Å². The minimum absolute atomic E-state index is 0.226. The Labute approximate surface area is 222 Å². The van der Waals surface area contributed by atoms with Crippen molar-refractivity contribution in [3.05, 3.63) is 96.1 Å². The van der Waals surface area contributed by atoms with E-state index in [0.717, 1.165) is 5.56 Å². The predicted octanol–water partition coefficient (Wildman–Crippen LogP) is 7.89. The van der Waals surface area contributed by atoms with Crippen LogP contribution in [0.1, 0.15) is 15.9 Å². The third kappa shape index (κ3) is 7.21. The summed E-state index contributed by atoms with van der Waals surface area (Å²) in [7, 11) is -4.26. The molecule has 0 unspecified atom stereocenters. The number of aromatic hydroxyl groups is 1. The van der Waals surface area contributed by atoms with Gasteiger partial charge in [0, 0.05) is 0 Å². The first-order chi connectivity index (χ1) is 18.6. The van der Waals surface area contributed by atoms with Gasteiger partial charge in [-0.2, -0.15) is 39.1 Å². The van der Waals surface area contributed by atoms with Crippen molar-refractivity contribution in [2.75, 3.05) is 0 Å². The number of aryl methyl sites for hydroxylation is 1. The number of carboxylic acid groups (broad SMARTS) is 1. The van der Waals surface area contributed by atoms with Crippen molar-refractivity contribution in [3.8, 4) is 5.75 Å². The first-order valence-electron chi connectivity index (χ1n) is 11.2. The molecule has 0 saturated carbocycles. The second kappa shape index (κ2) is 11.5. The number of carbonyl (C=O) groups is 1. The van der Waals surface area contributed by atoms with E-state index in [4.69, 9.17) is 9.66 Å². The number of azo groups is 3. The normalized spacial score (nSPS) is 12.1. The minimum Gasteiger partial charge on any atom is -0.507 e. The van der Waals surface area contributed by atoms with Crippen molar-refractivity contribution >= 4 is 50.2 Å². The van der Waals surface area contributed by atoms with Crippen LogP contribution in [0.3, 0.4) is 0 Å². The molecule has 0 bridgehead atoms. The van der Waals surface area contributed by atoms with Crippen LogP contribution >= 0.6 is 0 Å². The smallest absolute Gasteiger partial charge is 0.339 e. The third-order valence-corrected chi connectivity index (χ3v) is 6.08. The first kappa shape index (κ1) is 26.9. The summed E-state index contributed by atoms with van der Waals surface area (Å²) in [5.74, 6) is -1.61. The van der Waals surface area contributed by atoms with Crippen LogP contribution in [0.25, 0.3) is 0 Å². The van der Waals surface area contributed by atoms with E-state index in [-0.39, 0.29) is 21.9 Å². The van der Waals surface area contributed by atoms with Crippen LogP contribution in [0.15, 0.2) is 121 Å². The molecule has 0 aliphatic carbocycles.